The molecule has 1 aromatic rings. The molecule has 0 atom stereocenters. The van der Waals surface area contributed by atoms with Crippen LogP contribution < -0.4 is 0 Å². The van der Waals surface area contributed by atoms with Crippen LogP contribution in [0.1, 0.15) is 54.2 Å². The fraction of sp³-hybridized carbons (Fsp3) is 0.562. The fourth-order valence-electron chi connectivity index (χ4n) is 1.34. The van der Waals surface area contributed by atoms with E-state index in [0.717, 1.165) is 12.2 Å². The highest BCUT2D eigenvalue weighted by Gasteiger charge is 2.05. The van der Waals surface area contributed by atoms with Crippen molar-refractivity contribution in [2.24, 2.45) is 15.9 Å². The molecule has 0 amide bonds. The molecule has 0 spiro atoms. The predicted molar refractivity (Wildman–Crippen MR) is 87.4 cm³/mol. The molecule has 0 aliphatic carbocycles. The van der Waals surface area contributed by atoms with E-state index in [2.05, 4.69) is 42.7 Å². The van der Waals surface area contributed by atoms with Gasteiger partial charge in [0.15, 0.2) is 0 Å². The lowest BCUT2D eigenvalue weighted by Crippen LogP contribution is -2.07. The number of hydrogen-bond acceptors (Lipinski definition) is 3. The van der Waals surface area contributed by atoms with Crippen LogP contribution in [-0.4, -0.2) is 23.6 Å². The Labute approximate surface area is 118 Å². The minimum Gasteiger partial charge on any atom is -0.267 e. The molecule has 0 aromatic carbocycles. The Hall–Kier alpha value is -1.51. The van der Waals surface area contributed by atoms with Gasteiger partial charge < -0.3 is 0 Å². The summed E-state index contributed by atoms with van der Waals surface area (Å²) in [6.07, 6.45) is 3.46. The number of hydrogen-bond donors (Lipinski definition) is 0. The zero-order valence-electron chi connectivity index (χ0n) is 11.1. The second-order valence-electron chi connectivity index (χ2n) is 4.64. The quantitative estimate of drug-likeness (QED) is 0.768. The molecule has 0 N–H and O–H groups in total. The maximum Gasteiger partial charge on any atom is 0.110 e. The van der Waals surface area contributed by atoms with E-state index in [1.54, 1.807) is 6.34 Å². The molecule has 0 saturated carbocycles. The summed E-state index contributed by atoms with van der Waals surface area (Å²) in [6, 6.07) is 6.00. The summed E-state index contributed by atoms with van der Waals surface area (Å²) in [5.41, 5.74) is 2.36. The molecule has 0 radical (unpaired) electrons. The van der Waals surface area contributed by atoms with Gasteiger partial charge in [-0.25, -0.2) is 4.99 Å². The number of nitrogens with zero attached hydrogens (tertiary/aromatic N) is 3. The second-order valence-corrected chi connectivity index (χ2v) is 4.64. The largest absolute Gasteiger partial charge is 0.267 e. The highest BCUT2D eigenvalue weighted by Crippen LogP contribution is 2.08. The van der Waals surface area contributed by atoms with Crippen LogP contribution >= 0.6 is 0 Å². The van der Waals surface area contributed by atoms with Crippen molar-refractivity contribution in [3.8, 4) is 0 Å². The average Bonchev–Trinajstić information content (AvgIpc) is 2.84. The van der Waals surface area contributed by atoms with E-state index in [-0.39, 0.29) is 14.9 Å². The Morgan fingerprint density at radius 3 is 1.95 bits per heavy atom. The molecule has 3 nitrogen and oxygen atoms in total. The Morgan fingerprint density at radius 1 is 1.00 bits per heavy atom. The van der Waals surface area contributed by atoms with Gasteiger partial charge in [-0.2, -0.15) is 0 Å². The third-order valence-corrected chi connectivity index (χ3v) is 2.50. The van der Waals surface area contributed by atoms with Gasteiger partial charge in [0.05, 0.1) is 6.54 Å². The number of rotatable bonds is 2. The summed E-state index contributed by atoms with van der Waals surface area (Å²) >= 11 is 0. The van der Waals surface area contributed by atoms with Gasteiger partial charge in [-0.15, -0.1) is 0 Å². The molecule has 19 heavy (non-hydrogen) atoms. The Bertz CT molecular complexity index is 378. The van der Waals surface area contributed by atoms with Crippen LogP contribution in [0.5, 0.6) is 0 Å². The van der Waals surface area contributed by atoms with Crippen molar-refractivity contribution in [3.63, 3.8) is 0 Å². The van der Waals surface area contributed by atoms with E-state index < -0.39 is 0 Å². The van der Waals surface area contributed by atoms with Crippen molar-refractivity contribution in [3.05, 3.63) is 30.1 Å². The normalized spacial score (nSPS) is 12.2. The lowest BCUT2D eigenvalue weighted by molar-refractivity contribution is 0.823. The van der Waals surface area contributed by atoms with Crippen molar-refractivity contribution in [2.45, 2.75) is 48.5 Å². The molecule has 1 aliphatic heterocycles. The number of aliphatic imine (C=N–C) groups is 2. The van der Waals surface area contributed by atoms with Gasteiger partial charge in [-0.3, -0.25) is 9.98 Å². The van der Waals surface area contributed by atoms with E-state index in [9.17, 15) is 0 Å². The molecule has 0 saturated heterocycles. The monoisotopic (exact) mass is 263 g/mol. The van der Waals surface area contributed by atoms with Crippen LogP contribution in [-0.2, 0) is 0 Å². The first-order valence-electron chi connectivity index (χ1n) is 6.07. The Morgan fingerprint density at radius 2 is 1.68 bits per heavy atom. The van der Waals surface area contributed by atoms with Gasteiger partial charge in [-0.1, -0.05) is 48.6 Å². The van der Waals surface area contributed by atoms with E-state index in [1.807, 2.05) is 24.4 Å². The van der Waals surface area contributed by atoms with Crippen molar-refractivity contribution >= 4 is 12.1 Å². The molecule has 108 valence electrons. The first-order chi connectivity index (χ1) is 8.11. The molecule has 0 fully saturated rings. The summed E-state index contributed by atoms with van der Waals surface area (Å²) < 4.78 is 0. The SMILES string of the molecule is C.C.CC(C)C1=NC=NC1.CC(C)c1ccccn1. The topological polar surface area (TPSA) is 37.6 Å². The summed E-state index contributed by atoms with van der Waals surface area (Å²) in [5.74, 6) is 1.11. The number of pyridine rings is 1. The van der Waals surface area contributed by atoms with Gasteiger partial charge in [0.25, 0.3) is 0 Å². The van der Waals surface area contributed by atoms with Crippen molar-refractivity contribution in [2.75, 3.05) is 6.54 Å². The second kappa shape index (κ2) is 10.4. The molecule has 0 bridgehead atoms. The van der Waals surface area contributed by atoms with E-state index in [4.69, 9.17) is 0 Å². The van der Waals surface area contributed by atoms with E-state index in [0.29, 0.717) is 11.8 Å². The molecule has 2 heterocycles. The van der Waals surface area contributed by atoms with E-state index >= 15 is 0 Å². The lowest BCUT2D eigenvalue weighted by Gasteiger charge is -2.00. The third-order valence-electron chi connectivity index (χ3n) is 2.50. The average molecular weight is 263 g/mol. The first kappa shape index (κ1) is 19.8. The zero-order chi connectivity index (χ0) is 12.7. The van der Waals surface area contributed by atoms with Crippen LogP contribution in [0.25, 0.3) is 0 Å². The van der Waals surface area contributed by atoms with Gasteiger partial charge in [0.2, 0.25) is 0 Å². The lowest BCUT2D eigenvalue weighted by atomic mass is 10.1. The smallest absolute Gasteiger partial charge is 0.110 e. The van der Waals surface area contributed by atoms with Crippen LogP contribution in [0.4, 0.5) is 0 Å². The summed E-state index contributed by atoms with van der Waals surface area (Å²) in [7, 11) is 0. The van der Waals surface area contributed by atoms with Crippen LogP contribution in [0, 0.1) is 5.92 Å². The number of aromatic nitrogens is 1. The standard InChI is InChI=1S/C8H11N.C6H10N2.2CH4/c1-7(2)8-5-3-4-6-9-8;1-5(2)6-3-7-4-8-6;;/h3-7H,1-2H3;4-5H,3H2,1-2H3;2*1H4. The maximum absolute atomic E-state index is 4.18. The Kier molecular flexibility index (Phi) is 10.9. The zero-order valence-corrected chi connectivity index (χ0v) is 11.1. The molecular formula is C16H29N3. The highest BCUT2D eigenvalue weighted by atomic mass is 14.9. The molecule has 1 aromatic heterocycles. The summed E-state index contributed by atoms with van der Waals surface area (Å²) in [6.45, 7) is 9.36. The summed E-state index contributed by atoms with van der Waals surface area (Å²) in [5, 5.41) is 0. The van der Waals surface area contributed by atoms with Crippen molar-refractivity contribution < 1.29 is 0 Å². The minimum absolute atomic E-state index is 0. The molecule has 0 unspecified atom stereocenters. The highest BCUT2D eigenvalue weighted by molar-refractivity contribution is 5.97. The predicted octanol–water partition coefficient (Wildman–Crippen LogP) is 4.60. The molecular weight excluding hydrogens is 234 g/mol. The molecule has 2 rings (SSSR count). The van der Waals surface area contributed by atoms with E-state index in [1.165, 1.54) is 5.71 Å². The Balaban J connectivity index is 0. The maximum atomic E-state index is 4.18. The molecule has 3 heteroatoms. The van der Waals surface area contributed by atoms with Gasteiger partial charge in [-0.05, 0) is 24.0 Å². The minimum atomic E-state index is 0. The van der Waals surface area contributed by atoms with Crippen LogP contribution in [0.2, 0.25) is 0 Å². The van der Waals surface area contributed by atoms with Crippen LogP contribution in [0.3, 0.4) is 0 Å². The first-order valence-corrected chi connectivity index (χ1v) is 6.07. The fourth-order valence-corrected chi connectivity index (χ4v) is 1.34. The van der Waals surface area contributed by atoms with Crippen molar-refractivity contribution in [1.29, 1.82) is 0 Å². The summed E-state index contributed by atoms with van der Waals surface area (Å²) in [4.78, 5) is 12.2. The van der Waals surface area contributed by atoms with Crippen molar-refractivity contribution in [1.82, 2.24) is 4.98 Å². The third kappa shape index (κ3) is 7.50. The van der Waals surface area contributed by atoms with Gasteiger partial charge in [0, 0.05) is 17.6 Å². The van der Waals surface area contributed by atoms with Gasteiger partial charge in [0.1, 0.15) is 6.34 Å². The van der Waals surface area contributed by atoms with Crippen LogP contribution in [0.15, 0.2) is 34.4 Å². The molecule has 1 aliphatic rings. The van der Waals surface area contributed by atoms with Gasteiger partial charge >= 0.3 is 0 Å².